The first-order valence-electron chi connectivity index (χ1n) is 7.46. The van der Waals surface area contributed by atoms with E-state index in [1.807, 2.05) is 36.4 Å². The van der Waals surface area contributed by atoms with Crippen molar-refractivity contribution >= 4 is 28.2 Å². The highest BCUT2D eigenvalue weighted by atomic mass is 35.5. The molecule has 2 heteroatoms. The van der Waals surface area contributed by atoms with Crippen molar-refractivity contribution in [2.75, 3.05) is 0 Å². The fourth-order valence-corrected chi connectivity index (χ4v) is 3.50. The Morgan fingerprint density at radius 2 is 1.70 bits per heavy atom. The van der Waals surface area contributed by atoms with E-state index in [1.54, 1.807) is 0 Å². The van der Waals surface area contributed by atoms with Crippen molar-refractivity contribution in [3.05, 3.63) is 47.0 Å². The quantitative estimate of drug-likeness (QED) is 0.667. The van der Waals surface area contributed by atoms with Crippen LogP contribution in [0.1, 0.15) is 48.9 Å². The van der Waals surface area contributed by atoms with Gasteiger partial charge in [0, 0.05) is 22.4 Å². The molecule has 1 aliphatic carbocycles. The number of rotatable bonds is 3. The van der Waals surface area contributed by atoms with Gasteiger partial charge in [0.15, 0.2) is 5.78 Å². The number of carbonyl (C=O) groups excluding carboxylic acids is 1. The molecular weight excluding hydrogens is 268 g/mol. The van der Waals surface area contributed by atoms with Crippen molar-refractivity contribution in [1.82, 2.24) is 0 Å². The summed E-state index contributed by atoms with van der Waals surface area (Å²) in [6, 6.07) is 11.6. The van der Waals surface area contributed by atoms with Gasteiger partial charge in [-0.25, -0.2) is 0 Å². The molecule has 3 rings (SSSR count). The van der Waals surface area contributed by atoms with Crippen LogP contribution in [0.25, 0.3) is 10.8 Å². The van der Waals surface area contributed by atoms with Gasteiger partial charge < -0.3 is 0 Å². The third kappa shape index (κ3) is 2.73. The number of ketones is 1. The molecule has 104 valence electrons. The molecular formula is C18H19ClO. The zero-order valence-corrected chi connectivity index (χ0v) is 12.3. The second-order valence-electron chi connectivity index (χ2n) is 5.77. The largest absolute Gasteiger partial charge is 0.294 e. The first-order chi connectivity index (χ1) is 9.75. The number of hydrogen-bond donors (Lipinski definition) is 0. The molecule has 0 atom stereocenters. The lowest BCUT2D eigenvalue weighted by Crippen LogP contribution is -2.12. The predicted octanol–water partition coefficient (Wildman–Crippen LogP) is 5.65. The minimum absolute atomic E-state index is 0.268. The van der Waals surface area contributed by atoms with E-state index in [9.17, 15) is 4.79 Å². The van der Waals surface area contributed by atoms with E-state index in [0.717, 1.165) is 21.4 Å². The average Bonchev–Trinajstić information content (AvgIpc) is 2.49. The summed E-state index contributed by atoms with van der Waals surface area (Å²) in [5.74, 6) is 0.843. The van der Waals surface area contributed by atoms with Gasteiger partial charge in [0.2, 0.25) is 0 Å². The van der Waals surface area contributed by atoms with Gasteiger partial charge in [-0.2, -0.15) is 0 Å². The van der Waals surface area contributed by atoms with Gasteiger partial charge in [-0.3, -0.25) is 4.79 Å². The monoisotopic (exact) mass is 286 g/mol. The number of fused-ring (bicyclic) bond motifs is 1. The normalized spacial score (nSPS) is 16.4. The molecule has 1 saturated carbocycles. The number of benzene rings is 2. The molecule has 0 bridgehead atoms. The third-order valence-corrected chi connectivity index (χ3v) is 4.70. The summed E-state index contributed by atoms with van der Waals surface area (Å²) < 4.78 is 0. The van der Waals surface area contributed by atoms with E-state index in [4.69, 9.17) is 11.6 Å². The summed E-state index contributed by atoms with van der Waals surface area (Å²) in [4.78, 5) is 12.6. The minimum Gasteiger partial charge on any atom is -0.294 e. The Labute approximate surface area is 124 Å². The smallest absolute Gasteiger partial charge is 0.163 e. The van der Waals surface area contributed by atoms with Crippen LogP contribution >= 0.6 is 11.6 Å². The first kappa shape index (κ1) is 13.6. The van der Waals surface area contributed by atoms with E-state index in [-0.39, 0.29) is 5.78 Å². The molecule has 0 aliphatic heterocycles. The van der Waals surface area contributed by atoms with Crippen molar-refractivity contribution in [2.24, 2.45) is 5.92 Å². The van der Waals surface area contributed by atoms with Crippen LogP contribution in [0.15, 0.2) is 36.4 Å². The molecule has 20 heavy (non-hydrogen) atoms. The van der Waals surface area contributed by atoms with E-state index in [2.05, 4.69) is 0 Å². The van der Waals surface area contributed by atoms with Crippen molar-refractivity contribution in [2.45, 2.75) is 38.5 Å². The molecule has 0 amide bonds. The van der Waals surface area contributed by atoms with Gasteiger partial charge in [-0.05, 0) is 23.4 Å². The molecule has 0 spiro atoms. The molecule has 1 nitrogen and oxygen atoms in total. The topological polar surface area (TPSA) is 17.1 Å². The molecule has 2 aromatic rings. The molecule has 0 heterocycles. The van der Waals surface area contributed by atoms with Crippen molar-refractivity contribution in [3.63, 3.8) is 0 Å². The molecule has 1 fully saturated rings. The van der Waals surface area contributed by atoms with Crippen molar-refractivity contribution < 1.29 is 4.79 Å². The maximum absolute atomic E-state index is 12.6. The zero-order chi connectivity index (χ0) is 13.9. The Morgan fingerprint density at radius 1 is 1.00 bits per heavy atom. The van der Waals surface area contributed by atoms with Gasteiger partial charge in [-0.1, -0.05) is 68.0 Å². The fraction of sp³-hybridized carbons (Fsp3) is 0.389. The summed E-state index contributed by atoms with van der Waals surface area (Å²) >= 11 is 6.21. The lowest BCUT2D eigenvalue weighted by Gasteiger charge is -2.21. The van der Waals surface area contributed by atoms with Gasteiger partial charge >= 0.3 is 0 Å². The highest BCUT2D eigenvalue weighted by Gasteiger charge is 2.19. The number of Topliss-reactive ketones (excluding diaryl/α,β-unsaturated/α-hetero) is 1. The van der Waals surface area contributed by atoms with Crippen LogP contribution in [-0.4, -0.2) is 5.78 Å². The van der Waals surface area contributed by atoms with Gasteiger partial charge in [0.25, 0.3) is 0 Å². The van der Waals surface area contributed by atoms with Crippen molar-refractivity contribution in [1.29, 1.82) is 0 Å². The zero-order valence-electron chi connectivity index (χ0n) is 11.6. The van der Waals surface area contributed by atoms with Gasteiger partial charge in [0.05, 0.1) is 0 Å². The van der Waals surface area contributed by atoms with Crippen LogP contribution in [-0.2, 0) is 0 Å². The van der Waals surface area contributed by atoms with Crippen LogP contribution in [0.4, 0.5) is 0 Å². The lowest BCUT2D eigenvalue weighted by molar-refractivity contribution is 0.0952. The molecule has 2 aromatic carbocycles. The Hall–Kier alpha value is -1.34. The summed E-state index contributed by atoms with van der Waals surface area (Å²) in [5, 5.41) is 2.68. The maximum Gasteiger partial charge on any atom is 0.163 e. The van der Waals surface area contributed by atoms with Crippen LogP contribution in [0.3, 0.4) is 0 Å². The Bertz CT molecular complexity index is 626. The lowest BCUT2D eigenvalue weighted by atomic mass is 9.84. The fourth-order valence-electron chi connectivity index (χ4n) is 3.27. The Balaban J connectivity index is 1.89. The second kappa shape index (κ2) is 5.97. The van der Waals surface area contributed by atoms with E-state index >= 15 is 0 Å². The summed E-state index contributed by atoms with van der Waals surface area (Å²) in [6.45, 7) is 0. The Kier molecular flexibility index (Phi) is 4.07. The standard InChI is InChI=1S/C18H19ClO/c19-17-11-10-16(14-8-4-5-9-15(14)17)18(20)12-13-6-2-1-3-7-13/h4-5,8-11,13H,1-3,6-7,12H2. The third-order valence-electron chi connectivity index (χ3n) is 4.37. The van der Waals surface area contributed by atoms with Crippen molar-refractivity contribution in [3.8, 4) is 0 Å². The van der Waals surface area contributed by atoms with E-state index < -0.39 is 0 Å². The van der Waals surface area contributed by atoms with E-state index in [0.29, 0.717) is 12.3 Å². The van der Waals surface area contributed by atoms with Crippen LogP contribution in [0.5, 0.6) is 0 Å². The highest BCUT2D eigenvalue weighted by Crippen LogP contribution is 2.31. The molecule has 0 N–H and O–H groups in total. The van der Waals surface area contributed by atoms with Crippen LogP contribution < -0.4 is 0 Å². The minimum atomic E-state index is 0.268. The average molecular weight is 287 g/mol. The van der Waals surface area contributed by atoms with Crippen LogP contribution in [0, 0.1) is 5.92 Å². The van der Waals surface area contributed by atoms with Gasteiger partial charge in [-0.15, -0.1) is 0 Å². The Morgan fingerprint density at radius 3 is 2.45 bits per heavy atom. The van der Waals surface area contributed by atoms with Crippen LogP contribution in [0.2, 0.25) is 5.02 Å². The summed E-state index contributed by atoms with van der Waals surface area (Å²) in [7, 11) is 0. The predicted molar refractivity (Wildman–Crippen MR) is 84.5 cm³/mol. The second-order valence-corrected chi connectivity index (χ2v) is 6.18. The van der Waals surface area contributed by atoms with Gasteiger partial charge in [0.1, 0.15) is 0 Å². The molecule has 0 radical (unpaired) electrons. The number of halogens is 1. The molecule has 0 saturated heterocycles. The number of carbonyl (C=O) groups is 1. The maximum atomic E-state index is 12.6. The first-order valence-corrected chi connectivity index (χ1v) is 7.84. The molecule has 0 aromatic heterocycles. The summed E-state index contributed by atoms with van der Waals surface area (Å²) in [6.07, 6.45) is 6.98. The summed E-state index contributed by atoms with van der Waals surface area (Å²) in [5.41, 5.74) is 0.829. The molecule has 0 unspecified atom stereocenters. The highest BCUT2D eigenvalue weighted by molar-refractivity contribution is 6.36. The molecule has 1 aliphatic rings. The SMILES string of the molecule is O=C(CC1CCCCC1)c1ccc(Cl)c2ccccc12. The van der Waals surface area contributed by atoms with E-state index in [1.165, 1.54) is 32.1 Å². The number of hydrogen-bond acceptors (Lipinski definition) is 1.